The number of aromatic nitrogens is 2. The van der Waals surface area contributed by atoms with Gasteiger partial charge in [-0.25, -0.2) is 4.98 Å². The first-order valence-corrected chi connectivity index (χ1v) is 19.5. The van der Waals surface area contributed by atoms with E-state index in [0.717, 1.165) is 38.8 Å². The molecule has 0 radical (unpaired) electrons. The summed E-state index contributed by atoms with van der Waals surface area (Å²) < 4.78 is 3.63. The number of hydrogen-bond donors (Lipinski definition) is 0. The molecule has 258 valence electrons. The molecular formula is C51H33N3S. The minimum Gasteiger partial charge on any atom is -0.308 e. The summed E-state index contributed by atoms with van der Waals surface area (Å²) in [4.78, 5) is 7.61. The molecule has 0 atom stereocenters. The maximum Gasteiger partial charge on any atom is 0.124 e. The van der Waals surface area contributed by atoms with E-state index in [0.29, 0.717) is 0 Å². The fraction of sp³-hybridized carbons (Fsp3) is 0. The van der Waals surface area contributed by atoms with Crippen LogP contribution < -0.4 is 4.90 Å². The number of benzene rings is 9. The fourth-order valence-electron chi connectivity index (χ4n) is 8.34. The molecule has 4 heteroatoms. The van der Waals surface area contributed by atoms with Crippen molar-refractivity contribution >= 4 is 82.0 Å². The minimum absolute atomic E-state index is 1.02. The molecule has 2 heterocycles. The molecule has 0 aliphatic carbocycles. The van der Waals surface area contributed by atoms with Crippen LogP contribution in [-0.4, -0.2) is 9.55 Å². The Morgan fingerprint density at radius 2 is 1.15 bits per heavy atom. The number of fused-ring (bicyclic) bond motifs is 8. The lowest BCUT2D eigenvalue weighted by molar-refractivity contribution is 1.17. The molecule has 0 spiro atoms. The molecule has 11 rings (SSSR count). The molecule has 0 saturated carbocycles. The lowest BCUT2D eigenvalue weighted by atomic mass is 9.92. The van der Waals surface area contributed by atoms with Gasteiger partial charge in [0, 0.05) is 38.8 Å². The minimum atomic E-state index is 1.02. The molecule has 3 nitrogen and oxygen atoms in total. The molecule has 0 bridgehead atoms. The molecule has 0 fully saturated rings. The molecule has 2 aromatic heterocycles. The van der Waals surface area contributed by atoms with Crippen molar-refractivity contribution in [1.29, 1.82) is 0 Å². The van der Waals surface area contributed by atoms with Crippen LogP contribution in [0.5, 0.6) is 0 Å². The smallest absolute Gasteiger partial charge is 0.124 e. The van der Waals surface area contributed by atoms with Crippen LogP contribution in [0.1, 0.15) is 0 Å². The number of para-hydroxylation sites is 4. The summed E-state index contributed by atoms with van der Waals surface area (Å²) in [5.41, 5.74) is 11.4. The van der Waals surface area contributed by atoms with E-state index < -0.39 is 0 Å². The van der Waals surface area contributed by atoms with Gasteiger partial charge in [-0.1, -0.05) is 140 Å². The van der Waals surface area contributed by atoms with Crippen molar-refractivity contribution in [2.75, 3.05) is 4.90 Å². The van der Waals surface area contributed by atoms with Gasteiger partial charge in [-0.2, -0.15) is 0 Å². The van der Waals surface area contributed by atoms with Gasteiger partial charge in [0.25, 0.3) is 0 Å². The second kappa shape index (κ2) is 12.8. The van der Waals surface area contributed by atoms with E-state index in [1.807, 2.05) is 0 Å². The van der Waals surface area contributed by atoms with Gasteiger partial charge < -0.3 is 9.47 Å². The van der Waals surface area contributed by atoms with Crippen LogP contribution in [0, 0.1) is 0 Å². The average molecular weight is 720 g/mol. The Morgan fingerprint density at radius 3 is 1.93 bits per heavy atom. The highest BCUT2D eigenvalue weighted by Crippen LogP contribution is 2.47. The third-order valence-electron chi connectivity index (χ3n) is 10.8. The van der Waals surface area contributed by atoms with Crippen molar-refractivity contribution in [2.24, 2.45) is 0 Å². The highest BCUT2D eigenvalue weighted by atomic mass is 32.1. The second-order valence-electron chi connectivity index (χ2n) is 13.9. The van der Waals surface area contributed by atoms with Gasteiger partial charge in [0.2, 0.25) is 0 Å². The van der Waals surface area contributed by atoms with Crippen molar-refractivity contribution in [3.05, 3.63) is 200 Å². The van der Waals surface area contributed by atoms with Crippen LogP contribution in [0.15, 0.2) is 200 Å². The maximum atomic E-state index is 5.17. The molecule has 0 aliphatic rings. The van der Waals surface area contributed by atoms with Gasteiger partial charge in [-0.3, -0.25) is 0 Å². The Balaban J connectivity index is 1.24. The topological polar surface area (TPSA) is 21.1 Å². The van der Waals surface area contributed by atoms with Crippen LogP contribution in [0.25, 0.3) is 81.0 Å². The summed E-state index contributed by atoms with van der Waals surface area (Å²) in [5, 5.41) is 8.35. The van der Waals surface area contributed by atoms with Gasteiger partial charge in [-0.15, -0.1) is 11.3 Å². The van der Waals surface area contributed by atoms with Gasteiger partial charge in [0.05, 0.1) is 26.9 Å². The van der Waals surface area contributed by atoms with Gasteiger partial charge >= 0.3 is 0 Å². The highest BCUT2D eigenvalue weighted by molar-refractivity contribution is 7.22. The summed E-state index contributed by atoms with van der Waals surface area (Å²) in [6.45, 7) is 0. The number of thiazole rings is 1. The number of nitrogens with zero attached hydrogens (tertiary/aromatic N) is 3. The third-order valence-corrected chi connectivity index (χ3v) is 11.9. The van der Waals surface area contributed by atoms with E-state index in [1.54, 1.807) is 11.3 Å². The van der Waals surface area contributed by atoms with E-state index in [4.69, 9.17) is 4.98 Å². The van der Waals surface area contributed by atoms with Gasteiger partial charge in [0.1, 0.15) is 5.01 Å². The number of rotatable bonds is 6. The van der Waals surface area contributed by atoms with Crippen molar-refractivity contribution in [2.45, 2.75) is 0 Å². The van der Waals surface area contributed by atoms with Gasteiger partial charge in [-0.05, 0) is 87.9 Å². The van der Waals surface area contributed by atoms with Crippen LogP contribution in [0.4, 0.5) is 17.1 Å². The first kappa shape index (κ1) is 31.5. The first-order chi connectivity index (χ1) is 27.3. The molecule has 0 aliphatic heterocycles. The molecular weight excluding hydrogens is 687 g/mol. The zero-order valence-electron chi connectivity index (χ0n) is 29.8. The van der Waals surface area contributed by atoms with Crippen molar-refractivity contribution in [3.8, 4) is 27.4 Å². The molecule has 0 saturated heterocycles. The zero-order chi connectivity index (χ0) is 36.3. The lowest BCUT2D eigenvalue weighted by Gasteiger charge is -2.27. The summed E-state index contributed by atoms with van der Waals surface area (Å²) in [6, 6.07) is 72.1. The van der Waals surface area contributed by atoms with E-state index >= 15 is 0 Å². The average Bonchev–Trinajstić information content (AvgIpc) is 3.85. The highest BCUT2D eigenvalue weighted by Gasteiger charge is 2.23. The monoisotopic (exact) mass is 719 g/mol. The largest absolute Gasteiger partial charge is 0.308 e. The standard InChI is InChI=1S/C51H33N3S/c1-5-16-34(17-6-1)43-32-36-28-31-45-50(55-51(52-45)35-18-7-2-8-19-35)48(36)44-33-39(29-30-40(43)44)53(37-20-9-3-10-21-37)47-27-15-25-42-41-24-13-14-26-46(41)54(49(42)47)38-22-11-4-12-23-38/h1-33H. The van der Waals surface area contributed by atoms with Crippen LogP contribution in [-0.2, 0) is 0 Å². The Hall–Kier alpha value is -7.01. The molecule has 9 aromatic carbocycles. The fourth-order valence-corrected chi connectivity index (χ4v) is 9.48. The lowest BCUT2D eigenvalue weighted by Crippen LogP contribution is -2.11. The summed E-state index contributed by atoms with van der Waals surface area (Å²) in [7, 11) is 0. The number of anilines is 3. The van der Waals surface area contributed by atoms with Crippen LogP contribution in [0.3, 0.4) is 0 Å². The molecule has 11 aromatic rings. The molecule has 0 N–H and O–H groups in total. The van der Waals surface area contributed by atoms with Crippen molar-refractivity contribution in [3.63, 3.8) is 0 Å². The summed E-state index contributed by atoms with van der Waals surface area (Å²) in [6.07, 6.45) is 0. The predicted octanol–water partition coefficient (Wildman–Crippen LogP) is 14.5. The second-order valence-corrected chi connectivity index (χ2v) is 14.9. The van der Waals surface area contributed by atoms with Gasteiger partial charge in [0.15, 0.2) is 0 Å². The molecule has 0 unspecified atom stereocenters. The normalized spacial score (nSPS) is 11.6. The Bertz CT molecular complexity index is 3190. The molecule has 0 amide bonds. The Kier molecular flexibility index (Phi) is 7.35. The van der Waals surface area contributed by atoms with Crippen molar-refractivity contribution in [1.82, 2.24) is 9.55 Å². The van der Waals surface area contributed by atoms with E-state index in [9.17, 15) is 0 Å². The van der Waals surface area contributed by atoms with Crippen molar-refractivity contribution < 1.29 is 0 Å². The zero-order valence-corrected chi connectivity index (χ0v) is 30.6. The Morgan fingerprint density at radius 1 is 0.473 bits per heavy atom. The maximum absolute atomic E-state index is 5.17. The third kappa shape index (κ3) is 5.14. The summed E-state index contributed by atoms with van der Waals surface area (Å²) in [5.74, 6) is 0. The quantitative estimate of drug-likeness (QED) is 0.160. The first-order valence-electron chi connectivity index (χ1n) is 18.6. The van der Waals surface area contributed by atoms with Crippen LogP contribution >= 0.6 is 11.3 Å². The van der Waals surface area contributed by atoms with E-state index in [1.165, 1.54) is 59.2 Å². The van der Waals surface area contributed by atoms with Crippen LogP contribution in [0.2, 0.25) is 0 Å². The number of hydrogen-bond acceptors (Lipinski definition) is 3. The summed E-state index contributed by atoms with van der Waals surface area (Å²) >= 11 is 1.78. The van der Waals surface area contributed by atoms with E-state index in [2.05, 4.69) is 210 Å². The Labute approximate surface area is 322 Å². The SMILES string of the molecule is c1ccc(-c2nc3ccc4cc(-c5ccccc5)c5ccc(N(c6ccccc6)c6cccc7c8ccccc8n(-c8ccccc8)c67)cc5c4c3s2)cc1. The predicted molar refractivity (Wildman–Crippen MR) is 235 cm³/mol. The van der Waals surface area contributed by atoms with E-state index in [-0.39, 0.29) is 0 Å². The molecule has 55 heavy (non-hydrogen) atoms.